The number of hydrogen-bond acceptors (Lipinski definition) is 5. The summed E-state index contributed by atoms with van der Waals surface area (Å²) in [6, 6.07) is 2.38. The molecule has 1 aromatic heterocycles. The number of methoxy groups -OCH3 is 1. The minimum Gasteiger partial charge on any atom is -0.496 e. The van der Waals surface area contributed by atoms with Gasteiger partial charge in [0, 0.05) is 36.1 Å². The summed E-state index contributed by atoms with van der Waals surface area (Å²) >= 11 is 0. The first-order valence-electron chi connectivity index (χ1n) is 11.3. The highest BCUT2D eigenvalue weighted by Crippen LogP contribution is 2.43. The van der Waals surface area contributed by atoms with Crippen LogP contribution in [-0.4, -0.2) is 47.0 Å². The van der Waals surface area contributed by atoms with E-state index >= 15 is 0 Å². The molecule has 2 N–H and O–H groups in total. The maximum Gasteiger partial charge on any atom is 0.307 e. The van der Waals surface area contributed by atoms with E-state index in [1.165, 1.54) is 19.4 Å². The van der Waals surface area contributed by atoms with Crippen LogP contribution in [0.25, 0.3) is 11.1 Å². The molecule has 2 heterocycles. The normalized spacial score (nSPS) is 15.4. The zero-order chi connectivity index (χ0) is 25.8. The van der Waals surface area contributed by atoms with E-state index in [1.54, 1.807) is 27.7 Å². The average Bonchev–Trinajstić information content (AvgIpc) is 2.70. The number of benzene rings is 1. The van der Waals surface area contributed by atoms with Gasteiger partial charge in [0.1, 0.15) is 5.75 Å². The first kappa shape index (κ1) is 27.5. The molecule has 1 aliphatic rings. The topological polar surface area (TPSA) is 82.9 Å². The van der Waals surface area contributed by atoms with E-state index < -0.39 is 23.2 Å². The largest absolute Gasteiger partial charge is 0.496 e. The SMILES string of the molecule is CC(C)(C)O.COc1ccc(F)c(F)c1-c1cnc(C)c(CC(=O)O)c1N1CCC(C)(C)CC1. The van der Waals surface area contributed by atoms with E-state index in [9.17, 15) is 18.7 Å². The van der Waals surface area contributed by atoms with Gasteiger partial charge in [0.2, 0.25) is 0 Å². The number of aryl methyl sites for hydroxylation is 1. The smallest absolute Gasteiger partial charge is 0.307 e. The summed E-state index contributed by atoms with van der Waals surface area (Å²) in [5.74, 6) is -2.85. The quantitative estimate of drug-likeness (QED) is 0.601. The molecule has 0 radical (unpaired) electrons. The van der Waals surface area contributed by atoms with Crippen LogP contribution in [0.2, 0.25) is 0 Å². The van der Waals surface area contributed by atoms with Crippen molar-refractivity contribution in [1.82, 2.24) is 4.98 Å². The third kappa shape index (κ3) is 7.13. The molecule has 0 amide bonds. The number of carbonyl (C=O) groups is 1. The van der Waals surface area contributed by atoms with E-state index in [4.69, 9.17) is 9.84 Å². The van der Waals surface area contributed by atoms with E-state index in [2.05, 4.69) is 23.7 Å². The molecular weight excluding hydrogens is 442 g/mol. The minimum atomic E-state index is -1.03. The van der Waals surface area contributed by atoms with Gasteiger partial charge < -0.3 is 19.8 Å². The predicted octanol–water partition coefficient (Wildman–Crippen LogP) is 5.37. The van der Waals surface area contributed by atoms with Crippen LogP contribution in [0.3, 0.4) is 0 Å². The van der Waals surface area contributed by atoms with Gasteiger partial charge in [0.15, 0.2) is 11.6 Å². The Bertz CT molecular complexity index is 1020. The van der Waals surface area contributed by atoms with Gasteiger partial charge in [-0.3, -0.25) is 9.78 Å². The first-order chi connectivity index (χ1) is 15.6. The Morgan fingerprint density at radius 3 is 2.26 bits per heavy atom. The molecular formula is C26H36F2N2O4. The molecule has 1 aliphatic heterocycles. The van der Waals surface area contributed by atoms with Gasteiger partial charge in [-0.15, -0.1) is 0 Å². The van der Waals surface area contributed by atoms with Gasteiger partial charge in [-0.1, -0.05) is 13.8 Å². The summed E-state index contributed by atoms with van der Waals surface area (Å²) in [6.45, 7) is 12.7. The van der Waals surface area contributed by atoms with Crippen molar-refractivity contribution in [2.45, 2.75) is 66.4 Å². The number of ether oxygens (including phenoxy) is 1. The fraction of sp³-hybridized carbons (Fsp3) is 0.538. The van der Waals surface area contributed by atoms with Crippen molar-refractivity contribution in [3.05, 3.63) is 41.2 Å². The van der Waals surface area contributed by atoms with Crippen LogP contribution < -0.4 is 9.64 Å². The molecule has 0 spiro atoms. The van der Waals surface area contributed by atoms with Crippen molar-refractivity contribution in [2.75, 3.05) is 25.1 Å². The maximum atomic E-state index is 14.9. The number of piperidine rings is 1. The minimum absolute atomic E-state index is 0.0357. The summed E-state index contributed by atoms with van der Waals surface area (Å²) in [4.78, 5) is 17.9. The zero-order valence-corrected chi connectivity index (χ0v) is 21.1. The summed E-state index contributed by atoms with van der Waals surface area (Å²) < 4.78 is 34.3. The molecule has 2 aromatic rings. The number of carboxylic acid groups (broad SMARTS) is 1. The number of hydrogen-bond donors (Lipinski definition) is 2. The molecule has 0 aliphatic carbocycles. The monoisotopic (exact) mass is 478 g/mol. The second-order valence-corrected chi connectivity index (χ2v) is 10.4. The third-order valence-electron chi connectivity index (χ3n) is 5.67. The van der Waals surface area contributed by atoms with Crippen molar-refractivity contribution in [3.63, 3.8) is 0 Å². The Balaban J connectivity index is 0.000000739. The Labute approximate surface area is 200 Å². The fourth-order valence-electron chi connectivity index (χ4n) is 3.83. The lowest BCUT2D eigenvalue weighted by Gasteiger charge is -2.40. The number of halogens is 2. The molecule has 8 heteroatoms. The standard InChI is InChI=1S/C22H26F2N2O3.C4H10O/c1-13-14(11-18(27)28)21(26-9-7-22(2,3)8-10-26)15(12-25-13)19-17(29-4)6-5-16(23)20(19)24;1-4(2,3)5/h5-6,12H,7-11H2,1-4H3,(H,27,28);5H,1-3H3. The summed E-state index contributed by atoms with van der Waals surface area (Å²) in [5.41, 5.74) is 1.66. The second-order valence-electron chi connectivity index (χ2n) is 10.4. The highest BCUT2D eigenvalue weighted by atomic mass is 19.2. The van der Waals surface area contributed by atoms with Gasteiger partial charge in [-0.05, 0) is 58.1 Å². The van der Waals surface area contributed by atoms with E-state index in [0.29, 0.717) is 35.6 Å². The summed E-state index contributed by atoms with van der Waals surface area (Å²) in [5, 5.41) is 18.0. The molecule has 0 atom stereocenters. The van der Waals surface area contributed by atoms with Crippen molar-refractivity contribution in [1.29, 1.82) is 0 Å². The fourth-order valence-corrected chi connectivity index (χ4v) is 3.83. The number of rotatable bonds is 5. The van der Waals surface area contributed by atoms with Crippen molar-refractivity contribution in [2.24, 2.45) is 5.41 Å². The van der Waals surface area contributed by atoms with Crippen molar-refractivity contribution < 1.29 is 28.5 Å². The van der Waals surface area contributed by atoms with E-state index in [0.717, 1.165) is 18.9 Å². The number of pyridine rings is 1. The van der Waals surface area contributed by atoms with Gasteiger partial charge in [-0.25, -0.2) is 8.78 Å². The Morgan fingerprint density at radius 2 is 1.76 bits per heavy atom. The average molecular weight is 479 g/mol. The van der Waals surface area contributed by atoms with Crippen LogP contribution in [0.1, 0.15) is 58.7 Å². The van der Waals surface area contributed by atoms with Gasteiger partial charge in [0.05, 0.1) is 30.4 Å². The number of aliphatic hydroxyl groups is 1. The Kier molecular flexibility index (Phi) is 8.64. The van der Waals surface area contributed by atoms with Crippen LogP contribution in [0.4, 0.5) is 14.5 Å². The van der Waals surface area contributed by atoms with Crippen LogP contribution in [0.5, 0.6) is 5.75 Å². The summed E-state index contributed by atoms with van der Waals surface area (Å²) in [7, 11) is 1.39. The molecule has 0 unspecified atom stereocenters. The second kappa shape index (κ2) is 10.7. The van der Waals surface area contributed by atoms with E-state index in [1.807, 2.05) is 0 Å². The van der Waals surface area contributed by atoms with Crippen molar-refractivity contribution in [3.8, 4) is 16.9 Å². The molecule has 0 bridgehead atoms. The predicted molar refractivity (Wildman–Crippen MR) is 129 cm³/mol. The number of carboxylic acids is 1. The summed E-state index contributed by atoms with van der Waals surface area (Å²) in [6.07, 6.45) is 3.05. The maximum absolute atomic E-state index is 14.9. The van der Waals surface area contributed by atoms with Gasteiger partial charge in [0.25, 0.3) is 0 Å². The molecule has 0 saturated carbocycles. The first-order valence-corrected chi connectivity index (χ1v) is 11.3. The molecule has 3 rings (SSSR count). The lowest BCUT2D eigenvalue weighted by Crippen LogP contribution is -2.38. The number of nitrogens with zero attached hydrogens (tertiary/aromatic N) is 2. The molecule has 34 heavy (non-hydrogen) atoms. The molecule has 6 nitrogen and oxygen atoms in total. The molecule has 188 valence electrons. The van der Waals surface area contributed by atoms with Crippen LogP contribution in [-0.2, 0) is 11.2 Å². The number of aromatic nitrogens is 1. The number of aliphatic carboxylic acids is 1. The zero-order valence-electron chi connectivity index (χ0n) is 21.1. The third-order valence-corrected chi connectivity index (χ3v) is 5.67. The lowest BCUT2D eigenvalue weighted by molar-refractivity contribution is -0.136. The molecule has 1 aromatic carbocycles. The lowest BCUT2D eigenvalue weighted by atomic mass is 9.82. The van der Waals surface area contributed by atoms with Gasteiger partial charge in [-0.2, -0.15) is 0 Å². The Morgan fingerprint density at radius 1 is 1.21 bits per heavy atom. The molecule has 1 saturated heterocycles. The Hall–Kier alpha value is -2.74. The van der Waals surface area contributed by atoms with Crippen LogP contribution >= 0.6 is 0 Å². The molecule has 1 fully saturated rings. The van der Waals surface area contributed by atoms with Gasteiger partial charge >= 0.3 is 5.97 Å². The van der Waals surface area contributed by atoms with Crippen LogP contribution in [0, 0.1) is 24.0 Å². The van der Waals surface area contributed by atoms with E-state index in [-0.39, 0.29) is 23.1 Å². The van der Waals surface area contributed by atoms with Crippen LogP contribution in [0.15, 0.2) is 18.3 Å². The number of anilines is 1. The highest BCUT2D eigenvalue weighted by Gasteiger charge is 2.31. The van der Waals surface area contributed by atoms with Crippen molar-refractivity contribution >= 4 is 11.7 Å². The highest BCUT2D eigenvalue weighted by molar-refractivity contribution is 5.87.